The number of hydrogen-bond donors (Lipinski definition) is 1. The molecule has 1 fully saturated rings. The lowest BCUT2D eigenvalue weighted by molar-refractivity contribution is 0.0263. The van der Waals surface area contributed by atoms with E-state index in [0.29, 0.717) is 73.2 Å². The van der Waals surface area contributed by atoms with Gasteiger partial charge >= 0.3 is 0 Å². The second-order valence-electron chi connectivity index (χ2n) is 9.46. The van der Waals surface area contributed by atoms with Gasteiger partial charge in [0, 0.05) is 42.4 Å². The molecule has 0 bridgehead atoms. The summed E-state index contributed by atoms with van der Waals surface area (Å²) in [5.41, 5.74) is 0.549. The fourth-order valence-electron chi connectivity index (χ4n) is 4.87. The topological polar surface area (TPSA) is 54.8 Å². The molecule has 4 rings (SSSR count). The van der Waals surface area contributed by atoms with Gasteiger partial charge in [0.05, 0.1) is 17.6 Å². The maximum atomic E-state index is 15.6. The summed E-state index contributed by atoms with van der Waals surface area (Å²) in [7, 11) is 1.54. The van der Waals surface area contributed by atoms with E-state index in [1.54, 1.807) is 18.2 Å². The molecule has 0 radical (unpaired) electrons. The maximum Gasteiger partial charge on any atom is 0.190 e. The van der Waals surface area contributed by atoms with Gasteiger partial charge in [0.1, 0.15) is 24.3 Å². The number of pyridine rings is 1. The number of likely N-dealkylation sites (tertiary alicyclic amines) is 1. The zero-order valence-electron chi connectivity index (χ0n) is 20.5. The van der Waals surface area contributed by atoms with E-state index in [1.165, 1.54) is 13.3 Å². The summed E-state index contributed by atoms with van der Waals surface area (Å²) >= 11 is 6.35. The Labute approximate surface area is 218 Å². The SMILES string of the molecule is COc1ccc2ncc(Cl)c(C(F)CCC3(CO)CCN(CCOc4c(F)cc(F)cc4F)CC3)c2c1. The maximum absolute atomic E-state index is 15.6. The van der Waals surface area contributed by atoms with Crippen molar-refractivity contribution in [2.24, 2.45) is 5.41 Å². The Morgan fingerprint density at radius 1 is 1.14 bits per heavy atom. The van der Waals surface area contributed by atoms with Crippen molar-refractivity contribution < 1.29 is 32.1 Å². The Morgan fingerprint density at radius 2 is 1.84 bits per heavy atom. The van der Waals surface area contributed by atoms with Crippen molar-refractivity contribution in [3.8, 4) is 11.5 Å². The minimum atomic E-state index is -1.35. The lowest BCUT2D eigenvalue weighted by Gasteiger charge is -2.41. The molecule has 0 amide bonds. The van der Waals surface area contributed by atoms with Crippen LogP contribution in [0, 0.1) is 22.9 Å². The fraction of sp³-hybridized carbons (Fsp3) is 0.444. The number of benzene rings is 2. The Kier molecular flexibility index (Phi) is 8.77. The van der Waals surface area contributed by atoms with Crippen molar-refractivity contribution in [3.05, 3.63) is 64.6 Å². The molecule has 1 saturated heterocycles. The minimum absolute atomic E-state index is 0.0230. The largest absolute Gasteiger partial charge is 0.497 e. The number of fused-ring (bicyclic) bond motifs is 1. The highest BCUT2D eigenvalue weighted by Crippen LogP contribution is 2.41. The number of nitrogens with zero attached hydrogens (tertiary/aromatic N) is 2. The molecule has 1 aliphatic heterocycles. The average molecular weight is 541 g/mol. The minimum Gasteiger partial charge on any atom is -0.497 e. The summed E-state index contributed by atoms with van der Waals surface area (Å²) in [6, 6.07) is 6.39. The van der Waals surface area contributed by atoms with Gasteiger partial charge in [-0.2, -0.15) is 0 Å². The van der Waals surface area contributed by atoms with Crippen LogP contribution >= 0.6 is 11.6 Å². The van der Waals surface area contributed by atoms with Crippen LogP contribution in [-0.2, 0) is 0 Å². The first-order chi connectivity index (χ1) is 17.7. The number of methoxy groups -OCH3 is 1. The third-order valence-corrected chi connectivity index (χ3v) is 7.48. The van der Waals surface area contributed by atoms with E-state index in [4.69, 9.17) is 21.1 Å². The molecule has 2 aromatic carbocycles. The summed E-state index contributed by atoms with van der Waals surface area (Å²) in [6.45, 7) is 1.59. The predicted octanol–water partition coefficient (Wildman–Crippen LogP) is 6.26. The fourth-order valence-corrected chi connectivity index (χ4v) is 5.14. The van der Waals surface area contributed by atoms with Crippen LogP contribution in [0.25, 0.3) is 10.9 Å². The third-order valence-electron chi connectivity index (χ3n) is 7.18. The van der Waals surface area contributed by atoms with Crippen LogP contribution in [0.15, 0.2) is 36.5 Å². The van der Waals surface area contributed by atoms with Gasteiger partial charge in [0.15, 0.2) is 17.4 Å². The molecule has 1 atom stereocenters. The third kappa shape index (κ3) is 6.27. The van der Waals surface area contributed by atoms with Crippen LogP contribution in [0.4, 0.5) is 17.6 Å². The van der Waals surface area contributed by atoms with E-state index in [9.17, 15) is 18.3 Å². The average Bonchev–Trinajstić information content (AvgIpc) is 2.89. The number of aliphatic hydroxyl groups excluding tert-OH is 1. The molecular formula is C27H29ClF4N2O3. The lowest BCUT2D eigenvalue weighted by Crippen LogP contribution is -2.43. The number of aromatic nitrogens is 1. The van der Waals surface area contributed by atoms with Crippen LogP contribution in [0.1, 0.15) is 37.4 Å². The molecular weight excluding hydrogens is 512 g/mol. The molecule has 10 heteroatoms. The van der Waals surface area contributed by atoms with Crippen LogP contribution in [0.2, 0.25) is 5.02 Å². The van der Waals surface area contributed by atoms with Crippen molar-refractivity contribution in [3.63, 3.8) is 0 Å². The monoisotopic (exact) mass is 540 g/mol. The Balaban J connectivity index is 1.33. The highest BCUT2D eigenvalue weighted by Gasteiger charge is 2.35. The first-order valence-corrected chi connectivity index (χ1v) is 12.5. The van der Waals surface area contributed by atoms with Crippen LogP contribution < -0.4 is 9.47 Å². The summed E-state index contributed by atoms with van der Waals surface area (Å²) < 4.78 is 66.6. The smallest absolute Gasteiger partial charge is 0.190 e. The first kappa shape index (κ1) is 27.4. The van der Waals surface area contributed by atoms with Crippen molar-refractivity contribution in [2.75, 3.05) is 40.0 Å². The van der Waals surface area contributed by atoms with E-state index >= 15 is 4.39 Å². The normalized spacial score (nSPS) is 16.6. The van der Waals surface area contributed by atoms with Crippen LogP contribution in [-0.4, -0.2) is 54.9 Å². The molecule has 1 aromatic heterocycles. The standard InChI is InChI=1S/C27H29ClF4N2O3/c1-36-18-2-3-24-19(14-18)25(20(28)15-33-24)21(30)4-5-27(16-35)6-8-34(9-7-27)10-11-37-26-22(31)12-17(29)13-23(26)32/h2-3,12-15,21,35H,4-11,16H2,1H3. The number of piperidine rings is 1. The molecule has 0 spiro atoms. The number of rotatable bonds is 10. The molecule has 0 aliphatic carbocycles. The number of alkyl halides is 1. The molecule has 1 aliphatic rings. The second-order valence-corrected chi connectivity index (χ2v) is 9.86. The van der Waals surface area contributed by atoms with E-state index in [0.717, 1.165) is 0 Å². The second kappa shape index (κ2) is 11.8. The van der Waals surface area contributed by atoms with Gasteiger partial charge in [-0.3, -0.25) is 9.88 Å². The van der Waals surface area contributed by atoms with Crippen molar-refractivity contribution in [2.45, 2.75) is 31.9 Å². The molecule has 37 heavy (non-hydrogen) atoms. The number of ether oxygens (including phenoxy) is 2. The molecule has 3 aromatic rings. The molecule has 1 N–H and O–H groups in total. The summed E-state index contributed by atoms with van der Waals surface area (Å²) in [5, 5.41) is 11.0. The quantitative estimate of drug-likeness (QED) is 0.308. The Morgan fingerprint density at radius 3 is 2.49 bits per heavy atom. The highest BCUT2D eigenvalue weighted by molar-refractivity contribution is 6.32. The molecule has 200 valence electrons. The Bertz CT molecular complexity index is 1210. The first-order valence-electron chi connectivity index (χ1n) is 12.1. The van der Waals surface area contributed by atoms with Crippen molar-refractivity contribution in [1.29, 1.82) is 0 Å². The van der Waals surface area contributed by atoms with Gasteiger partial charge in [0.2, 0.25) is 0 Å². The van der Waals surface area contributed by atoms with Gasteiger partial charge in [-0.25, -0.2) is 17.6 Å². The van der Waals surface area contributed by atoms with E-state index < -0.39 is 34.8 Å². The van der Waals surface area contributed by atoms with Gasteiger partial charge in [-0.05, 0) is 62.4 Å². The molecule has 5 nitrogen and oxygen atoms in total. The van der Waals surface area contributed by atoms with Gasteiger partial charge < -0.3 is 14.6 Å². The van der Waals surface area contributed by atoms with Crippen LogP contribution in [0.5, 0.6) is 11.5 Å². The predicted molar refractivity (Wildman–Crippen MR) is 133 cm³/mol. The van der Waals surface area contributed by atoms with Gasteiger partial charge in [-0.1, -0.05) is 11.6 Å². The number of hydrogen-bond acceptors (Lipinski definition) is 5. The summed E-state index contributed by atoms with van der Waals surface area (Å²) in [6.07, 6.45) is 2.01. The number of aliphatic hydroxyl groups is 1. The zero-order valence-corrected chi connectivity index (χ0v) is 21.2. The summed E-state index contributed by atoms with van der Waals surface area (Å²) in [4.78, 5) is 6.33. The van der Waals surface area contributed by atoms with E-state index in [2.05, 4.69) is 9.88 Å². The van der Waals surface area contributed by atoms with Gasteiger partial charge in [-0.15, -0.1) is 0 Å². The number of halogens is 5. The van der Waals surface area contributed by atoms with E-state index in [1.807, 2.05) is 0 Å². The highest BCUT2D eigenvalue weighted by atomic mass is 35.5. The lowest BCUT2D eigenvalue weighted by atomic mass is 9.74. The zero-order chi connectivity index (χ0) is 26.6. The Hall–Kier alpha value is -2.62. The molecule has 0 saturated carbocycles. The van der Waals surface area contributed by atoms with Crippen molar-refractivity contribution in [1.82, 2.24) is 9.88 Å². The molecule has 2 heterocycles. The van der Waals surface area contributed by atoms with Gasteiger partial charge in [0.25, 0.3) is 0 Å². The summed E-state index contributed by atoms with van der Waals surface area (Å²) in [5.74, 6) is -3.20. The van der Waals surface area contributed by atoms with Crippen molar-refractivity contribution >= 4 is 22.5 Å². The molecule has 1 unspecified atom stereocenters. The van der Waals surface area contributed by atoms with E-state index in [-0.39, 0.29) is 24.7 Å². The van der Waals surface area contributed by atoms with Crippen LogP contribution in [0.3, 0.4) is 0 Å².